The maximum absolute atomic E-state index is 12.1. The number of oxazole rings is 1. The minimum absolute atomic E-state index is 0.0951. The molecular formula is C19H18N2O4. The van der Waals surface area contributed by atoms with E-state index >= 15 is 0 Å². The van der Waals surface area contributed by atoms with Gasteiger partial charge in [0.05, 0.1) is 12.7 Å². The number of esters is 1. The van der Waals surface area contributed by atoms with E-state index in [0.717, 1.165) is 16.7 Å². The summed E-state index contributed by atoms with van der Waals surface area (Å²) in [5.74, 6) is 0.124. The lowest BCUT2D eigenvalue weighted by atomic mass is 10.1. The molecule has 0 fully saturated rings. The molecule has 25 heavy (non-hydrogen) atoms. The molecule has 0 aliphatic carbocycles. The van der Waals surface area contributed by atoms with Gasteiger partial charge in [-0.1, -0.05) is 6.07 Å². The number of nitrogens with zero attached hydrogens (tertiary/aromatic N) is 1. The third-order valence-electron chi connectivity index (χ3n) is 3.79. The Hall–Kier alpha value is -3.15. The van der Waals surface area contributed by atoms with Crippen LogP contribution in [0.2, 0.25) is 0 Å². The van der Waals surface area contributed by atoms with Crippen molar-refractivity contribution in [2.75, 3.05) is 12.4 Å². The van der Waals surface area contributed by atoms with Gasteiger partial charge >= 0.3 is 5.97 Å². The molecule has 0 radical (unpaired) electrons. The van der Waals surface area contributed by atoms with Crippen molar-refractivity contribution in [3.8, 4) is 0 Å². The van der Waals surface area contributed by atoms with Crippen LogP contribution in [0.25, 0.3) is 11.1 Å². The number of hydrogen-bond acceptors (Lipinski definition) is 5. The van der Waals surface area contributed by atoms with Crippen LogP contribution >= 0.6 is 0 Å². The summed E-state index contributed by atoms with van der Waals surface area (Å²) >= 11 is 0. The predicted octanol–water partition coefficient (Wildman–Crippen LogP) is 3.49. The number of benzene rings is 2. The molecule has 0 aliphatic heterocycles. The molecule has 0 saturated carbocycles. The number of nitrogens with one attached hydrogen (secondary N) is 1. The number of anilines is 1. The molecule has 6 nitrogen and oxygen atoms in total. The van der Waals surface area contributed by atoms with Crippen LogP contribution in [-0.4, -0.2) is 24.0 Å². The van der Waals surface area contributed by atoms with Crippen molar-refractivity contribution in [2.45, 2.75) is 19.8 Å². The molecule has 1 amide bonds. The average Bonchev–Trinajstić information content (AvgIpc) is 2.99. The molecule has 0 saturated heterocycles. The largest absolute Gasteiger partial charge is 0.465 e. The molecule has 0 atom stereocenters. The smallest absolute Gasteiger partial charge is 0.337 e. The minimum Gasteiger partial charge on any atom is -0.465 e. The topological polar surface area (TPSA) is 81.4 Å². The highest BCUT2D eigenvalue weighted by molar-refractivity contribution is 5.93. The summed E-state index contributed by atoms with van der Waals surface area (Å²) in [7, 11) is 1.33. The van der Waals surface area contributed by atoms with Crippen molar-refractivity contribution in [3.63, 3.8) is 0 Å². The average molecular weight is 338 g/mol. The van der Waals surface area contributed by atoms with Crippen LogP contribution in [-0.2, 0) is 16.0 Å². The maximum Gasteiger partial charge on any atom is 0.337 e. The fourth-order valence-electron chi connectivity index (χ4n) is 2.53. The normalized spacial score (nSPS) is 10.6. The zero-order chi connectivity index (χ0) is 17.8. The van der Waals surface area contributed by atoms with Crippen molar-refractivity contribution in [2.24, 2.45) is 0 Å². The SMILES string of the molecule is COC(=O)c1ccc(NC(=O)CCc2ccc3oc(C)nc3c2)cc1. The first-order chi connectivity index (χ1) is 12.0. The van der Waals surface area contributed by atoms with E-state index in [1.807, 2.05) is 18.2 Å². The molecule has 0 spiro atoms. The zero-order valence-corrected chi connectivity index (χ0v) is 14.0. The highest BCUT2D eigenvalue weighted by Crippen LogP contribution is 2.18. The summed E-state index contributed by atoms with van der Waals surface area (Å²) < 4.78 is 10.1. The molecule has 0 unspecified atom stereocenters. The third kappa shape index (κ3) is 4.03. The van der Waals surface area contributed by atoms with Gasteiger partial charge in [-0.15, -0.1) is 0 Å². The van der Waals surface area contributed by atoms with Gasteiger partial charge in [-0.2, -0.15) is 0 Å². The van der Waals surface area contributed by atoms with Crippen LogP contribution in [0, 0.1) is 6.92 Å². The number of carbonyl (C=O) groups excluding carboxylic acids is 2. The van der Waals surface area contributed by atoms with E-state index in [2.05, 4.69) is 15.0 Å². The number of ether oxygens (including phenoxy) is 1. The van der Waals surface area contributed by atoms with Crippen molar-refractivity contribution in [1.29, 1.82) is 0 Å². The molecule has 2 aromatic carbocycles. The Morgan fingerprint density at radius 1 is 1.16 bits per heavy atom. The number of amides is 1. The summed E-state index contributed by atoms with van der Waals surface area (Å²) in [4.78, 5) is 27.8. The number of fused-ring (bicyclic) bond motifs is 1. The molecule has 6 heteroatoms. The van der Waals surface area contributed by atoms with Gasteiger partial charge in [0.1, 0.15) is 5.52 Å². The number of rotatable bonds is 5. The Morgan fingerprint density at radius 3 is 2.64 bits per heavy atom. The fourth-order valence-corrected chi connectivity index (χ4v) is 2.53. The maximum atomic E-state index is 12.1. The standard InChI is InChI=1S/C19H18N2O4/c1-12-20-16-11-13(3-9-17(16)25-12)4-10-18(22)21-15-7-5-14(6-8-15)19(23)24-2/h3,5-9,11H,4,10H2,1-2H3,(H,21,22). The van der Waals surface area contributed by atoms with Crippen molar-refractivity contribution >= 4 is 28.7 Å². The first-order valence-electron chi connectivity index (χ1n) is 7.89. The van der Waals surface area contributed by atoms with Gasteiger partial charge in [-0.05, 0) is 48.4 Å². The second-order valence-electron chi connectivity index (χ2n) is 5.65. The van der Waals surface area contributed by atoms with Crippen LogP contribution in [0.1, 0.15) is 28.2 Å². The lowest BCUT2D eigenvalue weighted by Crippen LogP contribution is -2.12. The number of hydrogen-bond donors (Lipinski definition) is 1. The lowest BCUT2D eigenvalue weighted by Gasteiger charge is -2.06. The summed E-state index contributed by atoms with van der Waals surface area (Å²) in [5, 5.41) is 2.81. The Kier molecular flexibility index (Phi) is 4.79. The first-order valence-corrected chi connectivity index (χ1v) is 7.89. The second kappa shape index (κ2) is 7.17. The Balaban J connectivity index is 1.57. The van der Waals surface area contributed by atoms with E-state index in [9.17, 15) is 9.59 Å². The molecular weight excluding hydrogens is 320 g/mol. The van der Waals surface area contributed by atoms with Crippen molar-refractivity contribution < 1.29 is 18.7 Å². The van der Waals surface area contributed by atoms with Gasteiger partial charge in [0.25, 0.3) is 0 Å². The van der Waals surface area contributed by atoms with E-state index < -0.39 is 5.97 Å². The molecule has 3 aromatic rings. The van der Waals surface area contributed by atoms with Gasteiger partial charge in [0, 0.05) is 19.0 Å². The van der Waals surface area contributed by atoms with E-state index in [1.54, 1.807) is 31.2 Å². The molecule has 0 bridgehead atoms. The number of carbonyl (C=O) groups is 2. The van der Waals surface area contributed by atoms with Gasteiger partial charge in [0.15, 0.2) is 11.5 Å². The van der Waals surface area contributed by atoms with Crippen LogP contribution < -0.4 is 5.32 Å². The summed E-state index contributed by atoms with van der Waals surface area (Å²) in [6, 6.07) is 12.3. The van der Waals surface area contributed by atoms with Crippen LogP contribution in [0.3, 0.4) is 0 Å². The van der Waals surface area contributed by atoms with E-state index in [4.69, 9.17) is 4.42 Å². The Morgan fingerprint density at radius 2 is 1.92 bits per heavy atom. The Labute approximate surface area is 144 Å². The van der Waals surface area contributed by atoms with Crippen LogP contribution in [0.4, 0.5) is 5.69 Å². The Bertz CT molecular complexity index is 913. The number of methoxy groups -OCH3 is 1. The van der Waals surface area contributed by atoms with Gasteiger partial charge in [-0.3, -0.25) is 4.79 Å². The highest BCUT2D eigenvalue weighted by Gasteiger charge is 2.08. The van der Waals surface area contributed by atoms with Crippen molar-refractivity contribution in [1.82, 2.24) is 4.98 Å². The molecule has 1 N–H and O–H groups in total. The first kappa shape index (κ1) is 16.7. The van der Waals surface area contributed by atoms with E-state index in [0.29, 0.717) is 30.0 Å². The monoisotopic (exact) mass is 338 g/mol. The molecule has 128 valence electrons. The van der Waals surface area contributed by atoms with Gasteiger partial charge < -0.3 is 14.5 Å². The summed E-state index contributed by atoms with van der Waals surface area (Å²) in [5.41, 5.74) is 3.65. The molecule has 0 aliphatic rings. The number of aromatic nitrogens is 1. The third-order valence-corrected chi connectivity index (χ3v) is 3.79. The van der Waals surface area contributed by atoms with Crippen LogP contribution in [0.5, 0.6) is 0 Å². The minimum atomic E-state index is -0.406. The van der Waals surface area contributed by atoms with E-state index in [-0.39, 0.29) is 5.91 Å². The molecule has 1 heterocycles. The summed E-state index contributed by atoms with van der Waals surface area (Å²) in [6.07, 6.45) is 0.953. The molecule has 3 rings (SSSR count). The predicted molar refractivity (Wildman–Crippen MR) is 93.5 cm³/mol. The highest BCUT2D eigenvalue weighted by atomic mass is 16.5. The second-order valence-corrected chi connectivity index (χ2v) is 5.65. The number of aryl methyl sites for hydroxylation is 2. The van der Waals surface area contributed by atoms with Crippen LogP contribution in [0.15, 0.2) is 46.9 Å². The summed E-state index contributed by atoms with van der Waals surface area (Å²) in [6.45, 7) is 1.80. The zero-order valence-electron chi connectivity index (χ0n) is 14.0. The van der Waals surface area contributed by atoms with Gasteiger partial charge in [0.2, 0.25) is 5.91 Å². The van der Waals surface area contributed by atoms with Crippen molar-refractivity contribution in [3.05, 3.63) is 59.5 Å². The quantitative estimate of drug-likeness (QED) is 0.720. The lowest BCUT2D eigenvalue weighted by molar-refractivity contribution is -0.116. The van der Waals surface area contributed by atoms with E-state index in [1.165, 1.54) is 7.11 Å². The molecule has 1 aromatic heterocycles. The fraction of sp³-hybridized carbons (Fsp3) is 0.211. The van der Waals surface area contributed by atoms with Gasteiger partial charge in [-0.25, -0.2) is 9.78 Å².